The van der Waals surface area contributed by atoms with Crippen LogP contribution in [0.4, 0.5) is 0 Å². The lowest BCUT2D eigenvalue weighted by Crippen LogP contribution is -2.38. The van der Waals surface area contributed by atoms with Crippen LogP contribution in [-0.4, -0.2) is 42.1 Å². The Bertz CT molecular complexity index is 478. The van der Waals surface area contributed by atoms with Crippen LogP contribution in [0.1, 0.15) is 20.8 Å². The molecule has 0 unspecified atom stereocenters. The SMILES string of the molecule is [2H][C@@H](O)[C@H]1O[C@@H]2OC(C)(C)O[C@@H]2[C@H]1OCc1ccccc1. The van der Waals surface area contributed by atoms with Crippen molar-refractivity contribution in [2.45, 2.75) is 50.8 Å². The number of aliphatic hydroxyl groups is 1. The third kappa shape index (κ3) is 2.73. The molecular formula is C15H20O5. The van der Waals surface area contributed by atoms with Crippen LogP contribution in [0.15, 0.2) is 30.3 Å². The number of benzene rings is 1. The zero-order chi connectivity index (χ0) is 15.0. The number of rotatable bonds is 4. The summed E-state index contributed by atoms with van der Waals surface area (Å²) in [6, 6.07) is 9.71. The van der Waals surface area contributed by atoms with Crippen molar-refractivity contribution < 1.29 is 25.4 Å². The molecule has 0 aliphatic carbocycles. The van der Waals surface area contributed by atoms with Gasteiger partial charge in [-0.25, -0.2) is 0 Å². The van der Waals surface area contributed by atoms with Gasteiger partial charge < -0.3 is 24.1 Å². The Balaban J connectivity index is 1.70. The summed E-state index contributed by atoms with van der Waals surface area (Å²) in [4.78, 5) is 0. The summed E-state index contributed by atoms with van der Waals surface area (Å²) in [5, 5.41) is 9.56. The van der Waals surface area contributed by atoms with Gasteiger partial charge >= 0.3 is 0 Å². The van der Waals surface area contributed by atoms with Gasteiger partial charge in [0.05, 0.1) is 14.6 Å². The predicted molar refractivity (Wildman–Crippen MR) is 70.8 cm³/mol. The summed E-state index contributed by atoms with van der Waals surface area (Å²) in [7, 11) is 0. The fraction of sp³-hybridized carbons (Fsp3) is 0.600. The highest BCUT2D eigenvalue weighted by Crippen LogP contribution is 2.38. The highest BCUT2D eigenvalue weighted by Gasteiger charge is 2.55. The van der Waals surface area contributed by atoms with E-state index in [1.54, 1.807) is 13.8 Å². The third-order valence-corrected chi connectivity index (χ3v) is 3.46. The Hall–Kier alpha value is -0.980. The van der Waals surface area contributed by atoms with Crippen LogP contribution in [0.5, 0.6) is 0 Å². The van der Waals surface area contributed by atoms with Crippen LogP contribution < -0.4 is 0 Å². The maximum absolute atomic E-state index is 9.56. The molecule has 0 bridgehead atoms. The first kappa shape index (κ1) is 12.7. The minimum absolute atomic E-state index is 0.366. The molecule has 0 amide bonds. The first-order chi connectivity index (χ1) is 9.96. The van der Waals surface area contributed by atoms with Gasteiger partial charge in [0, 0.05) is 0 Å². The number of hydrogen-bond donors (Lipinski definition) is 1. The molecule has 3 rings (SSSR count). The van der Waals surface area contributed by atoms with Crippen molar-refractivity contribution in [2.75, 3.05) is 6.58 Å². The van der Waals surface area contributed by atoms with Gasteiger partial charge in [0.25, 0.3) is 0 Å². The van der Waals surface area contributed by atoms with Gasteiger partial charge in [0.1, 0.15) is 18.3 Å². The van der Waals surface area contributed by atoms with Crippen molar-refractivity contribution in [1.82, 2.24) is 0 Å². The average Bonchev–Trinajstić information content (AvgIpc) is 2.90. The molecule has 2 aliphatic heterocycles. The van der Waals surface area contributed by atoms with Crippen LogP contribution in [0.3, 0.4) is 0 Å². The number of ether oxygens (including phenoxy) is 4. The average molecular weight is 281 g/mol. The van der Waals surface area contributed by atoms with Crippen molar-refractivity contribution in [3.63, 3.8) is 0 Å². The monoisotopic (exact) mass is 281 g/mol. The van der Waals surface area contributed by atoms with Gasteiger partial charge in [-0.2, -0.15) is 0 Å². The van der Waals surface area contributed by atoms with Crippen LogP contribution in [0, 0.1) is 0 Å². The molecule has 1 aromatic carbocycles. The lowest BCUT2D eigenvalue weighted by Gasteiger charge is -2.25. The summed E-state index contributed by atoms with van der Waals surface area (Å²) in [5.41, 5.74) is 1.01. The van der Waals surface area contributed by atoms with E-state index in [9.17, 15) is 5.11 Å². The second kappa shape index (κ2) is 5.42. The van der Waals surface area contributed by atoms with Crippen molar-refractivity contribution in [1.29, 1.82) is 0 Å². The Morgan fingerprint density at radius 1 is 1.30 bits per heavy atom. The molecule has 0 saturated carbocycles. The molecule has 2 saturated heterocycles. The van der Waals surface area contributed by atoms with Gasteiger partial charge in [-0.3, -0.25) is 0 Å². The zero-order valence-electron chi connectivity index (χ0n) is 12.6. The highest BCUT2D eigenvalue weighted by molar-refractivity contribution is 5.13. The van der Waals surface area contributed by atoms with Crippen molar-refractivity contribution in [3.05, 3.63) is 35.9 Å². The van der Waals surface area contributed by atoms with Gasteiger partial charge in [-0.1, -0.05) is 30.3 Å². The summed E-state index contributed by atoms with van der Waals surface area (Å²) in [6.07, 6.45) is -2.36. The molecule has 0 radical (unpaired) electrons. The topological polar surface area (TPSA) is 57.2 Å². The van der Waals surface area contributed by atoms with E-state index in [1.165, 1.54) is 0 Å². The molecule has 5 heteroatoms. The number of hydrogen-bond acceptors (Lipinski definition) is 5. The second-order valence-electron chi connectivity index (χ2n) is 5.48. The van der Waals surface area contributed by atoms with Gasteiger partial charge in [-0.15, -0.1) is 0 Å². The molecule has 0 spiro atoms. The van der Waals surface area contributed by atoms with Gasteiger partial charge in [-0.05, 0) is 19.4 Å². The molecule has 1 N–H and O–H groups in total. The van der Waals surface area contributed by atoms with Crippen molar-refractivity contribution in [3.8, 4) is 0 Å². The lowest BCUT2D eigenvalue weighted by atomic mass is 10.1. The Morgan fingerprint density at radius 2 is 2.05 bits per heavy atom. The van der Waals surface area contributed by atoms with Crippen molar-refractivity contribution >= 4 is 0 Å². The highest BCUT2D eigenvalue weighted by atomic mass is 16.8. The van der Waals surface area contributed by atoms with E-state index in [1.807, 2.05) is 30.3 Å². The van der Waals surface area contributed by atoms with E-state index in [-0.39, 0.29) is 0 Å². The number of fused-ring (bicyclic) bond motifs is 1. The molecule has 2 fully saturated rings. The maximum Gasteiger partial charge on any atom is 0.190 e. The second-order valence-corrected chi connectivity index (χ2v) is 5.48. The first-order valence-electron chi connectivity index (χ1n) is 7.31. The Morgan fingerprint density at radius 3 is 2.75 bits per heavy atom. The van der Waals surface area contributed by atoms with E-state index in [4.69, 9.17) is 20.3 Å². The van der Waals surface area contributed by atoms with Crippen LogP contribution in [0.2, 0.25) is 0 Å². The summed E-state index contributed by atoms with van der Waals surface area (Å²) in [6.45, 7) is 2.57. The van der Waals surface area contributed by atoms with E-state index < -0.39 is 37.0 Å². The van der Waals surface area contributed by atoms with Crippen LogP contribution in [0.25, 0.3) is 0 Å². The minimum atomic E-state index is -1.40. The Labute approximate surface area is 119 Å². The molecule has 0 aromatic heterocycles. The lowest BCUT2D eigenvalue weighted by molar-refractivity contribution is -0.222. The summed E-state index contributed by atoms with van der Waals surface area (Å²) in [5.74, 6) is -0.748. The fourth-order valence-corrected chi connectivity index (χ4v) is 2.58. The number of aliphatic hydroxyl groups excluding tert-OH is 1. The molecule has 2 heterocycles. The molecular weight excluding hydrogens is 260 g/mol. The minimum Gasteiger partial charge on any atom is -0.394 e. The molecule has 110 valence electrons. The van der Waals surface area contributed by atoms with E-state index in [2.05, 4.69) is 0 Å². The van der Waals surface area contributed by atoms with Crippen LogP contribution >= 0.6 is 0 Å². The fourth-order valence-electron chi connectivity index (χ4n) is 2.58. The van der Waals surface area contributed by atoms with Gasteiger partial charge in [0.2, 0.25) is 0 Å². The molecule has 5 atom stereocenters. The smallest absolute Gasteiger partial charge is 0.190 e. The molecule has 1 aromatic rings. The third-order valence-electron chi connectivity index (χ3n) is 3.46. The predicted octanol–water partition coefficient (Wildman–Crippen LogP) is 1.44. The normalized spacial score (nSPS) is 37.5. The molecule has 20 heavy (non-hydrogen) atoms. The first-order valence-corrected chi connectivity index (χ1v) is 6.73. The van der Waals surface area contributed by atoms with E-state index >= 15 is 0 Å². The standard InChI is InChI=1S/C15H20O5/c1-15(2)19-13-12(11(8-16)18-14(13)20-15)17-9-10-6-4-3-5-7-10/h3-7,11-14,16H,8-9H2,1-2H3/t11-,12+,13-,14-/m1/s1/i8D/t8-,11-,12+,13-,14-. The Kier molecular flexibility index (Phi) is 3.45. The molecule has 2 aliphatic rings. The quantitative estimate of drug-likeness (QED) is 0.905. The summed E-state index contributed by atoms with van der Waals surface area (Å²) >= 11 is 0. The maximum atomic E-state index is 9.56. The zero-order valence-corrected chi connectivity index (χ0v) is 11.6. The molecule has 5 nitrogen and oxygen atoms in total. The summed E-state index contributed by atoms with van der Waals surface area (Å²) < 4.78 is 30.3. The van der Waals surface area contributed by atoms with Gasteiger partial charge in [0.15, 0.2) is 12.1 Å². The largest absolute Gasteiger partial charge is 0.394 e. The van der Waals surface area contributed by atoms with Crippen molar-refractivity contribution in [2.24, 2.45) is 0 Å². The van der Waals surface area contributed by atoms with E-state index in [0.29, 0.717) is 6.61 Å². The van der Waals surface area contributed by atoms with Crippen LogP contribution in [-0.2, 0) is 25.6 Å². The van der Waals surface area contributed by atoms with E-state index in [0.717, 1.165) is 5.56 Å².